The smallest absolute Gasteiger partial charge is 0.318 e. The molecule has 1 aliphatic heterocycles. The largest absolute Gasteiger partial charge is 0.379 e. The van der Waals surface area contributed by atoms with E-state index in [1.807, 2.05) is 17.0 Å². The molecule has 5 nitrogen and oxygen atoms in total. The van der Waals surface area contributed by atoms with E-state index in [0.717, 1.165) is 56.8 Å². The first-order valence-corrected chi connectivity index (χ1v) is 10.3. The maximum absolute atomic E-state index is 13.2. The lowest BCUT2D eigenvalue weighted by Gasteiger charge is -2.27. The minimum absolute atomic E-state index is 0.0574. The fraction of sp³-hybridized carbons (Fsp3) is 0.435. The van der Waals surface area contributed by atoms with Gasteiger partial charge in [-0.2, -0.15) is 0 Å². The van der Waals surface area contributed by atoms with Crippen molar-refractivity contribution in [2.24, 2.45) is 0 Å². The lowest BCUT2D eigenvalue weighted by molar-refractivity contribution is 0.0340. The van der Waals surface area contributed by atoms with Crippen LogP contribution in [0.1, 0.15) is 29.5 Å². The molecular weight excluding hydrogens is 369 g/mol. The van der Waals surface area contributed by atoms with E-state index < -0.39 is 0 Å². The van der Waals surface area contributed by atoms with Crippen LogP contribution in [-0.2, 0) is 24.4 Å². The maximum atomic E-state index is 13.2. The zero-order valence-electron chi connectivity index (χ0n) is 16.6. The average molecular weight is 397 g/mol. The Balaban J connectivity index is 1.37. The van der Waals surface area contributed by atoms with E-state index in [0.29, 0.717) is 13.1 Å². The van der Waals surface area contributed by atoms with Gasteiger partial charge in [0.05, 0.1) is 13.2 Å². The van der Waals surface area contributed by atoms with Gasteiger partial charge in [-0.3, -0.25) is 4.90 Å². The second-order valence-electron chi connectivity index (χ2n) is 7.80. The quantitative estimate of drug-likeness (QED) is 0.777. The van der Waals surface area contributed by atoms with E-state index in [9.17, 15) is 9.18 Å². The summed E-state index contributed by atoms with van der Waals surface area (Å²) in [6.07, 6.45) is 2.06. The summed E-state index contributed by atoms with van der Waals surface area (Å²) < 4.78 is 18.6. The monoisotopic (exact) mass is 397 g/mol. The summed E-state index contributed by atoms with van der Waals surface area (Å²) >= 11 is 0. The molecule has 2 aliphatic rings. The first kappa shape index (κ1) is 19.9. The number of nitrogens with zero attached hydrogens (tertiary/aromatic N) is 2. The Labute approximate surface area is 171 Å². The van der Waals surface area contributed by atoms with Crippen molar-refractivity contribution in [3.8, 4) is 0 Å². The van der Waals surface area contributed by atoms with Gasteiger partial charge in [-0.1, -0.05) is 36.4 Å². The lowest BCUT2D eigenvalue weighted by Crippen LogP contribution is -2.41. The third-order valence-electron chi connectivity index (χ3n) is 5.56. The minimum atomic E-state index is -0.256. The number of rotatable bonds is 7. The second kappa shape index (κ2) is 9.37. The summed E-state index contributed by atoms with van der Waals surface area (Å²) in [6, 6.07) is 14.9. The van der Waals surface area contributed by atoms with E-state index >= 15 is 0 Å². The molecule has 29 heavy (non-hydrogen) atoms. The second-order valence-corrected chi connectivity index (χ2v) is 7.80. The van der Waals surface area contributed by atoms with Crippen molar-refractivity contribution in [3.05, 3.63) is 71.0 Å². The number of hydrogen-bond donors (Lipinski definition) is 1. The number of halogens is 1. The third kappa shape index (κ3) is 5.55. The van der Waals surface area contributed by atoms with E-state index in [4.69, 9.17) is 4.74 Å². The van der Waals surface area contributed by atoms with Crippen LogP contribution in [0.5, 0.6) is 0 Å². The maximum Gasteiger partial charge on any atom is 0.318 e. The Morgan fingerprint density at radius 1 is 1.07 bits per heavy atom. The van der Waals surface area contributed by atoms with Gasteiger partial charge >= 0.3 is 6.03 Å². The molecule has 4 rings (SSSR count). The number of urea groups is 1. The highest BCUT2D eigenvalue weighted by atomic mass is 19.1. The van der Waals surface area contributed by atoms with Crippen molar-refractivity contribution in [1.82, 2.24) is 15.1 Å². The van der Waals surface area contributed by atoms with Crippen LogP contribution in [0.15, 0.2) is 48.5 Å². The third-order valence-corrected chi connectivity index (χ3v) is 5.56. The summed E-state index contributed by atoms with van der Waals surface area (Å²) in [6.45, 7) is 5.31. The Bertz CT molecular complexity index is 817. The number of amides is 2. The zero-order chi connectivity index (χ0) is 20.1. The van der Waals surface area contributed by atoms with Gasteiger partial charge < -0.3 is 15.0 Å². The van der Waals surface area contributed by atoms with Crippen LogP contribution in [0.4, 0.5) is 9.18 Å². The van der Waals surface area contributed by atoms with Gasteiger partial charge in [0.1, 0.15) is 5.82 Å². The summed E-state index contributed by atoms with van der Waals surface area (Å²) in [7, 11) is 0. The average Bonchev–Trinajstić information content (AvgIpc) is 3.58. The Morgan fingerprint density at radius 3 is 2.45 bits per heavy atom. The predicted molar refractivity (Wildman–Crippen MR) is 110 cm³/mol. The molecule has 2 amide bonds. The van der Waals surface area contributed by atoms with Gasteiger partial charge in [0.2, 0.25) is 0 Å². The molecule has 0 aromatic heterocycles. The highest BCUT2D eigenvalue weighted by molar-refractivity contribution is 5.75. The van der Waals surface area contributed by atoms with Crippen LogP contribution in [0.2, 0.25) is 0 Å². The number of hydrogen-bond acceptors (Lipinski definition) is 3. The highest BCUT2D eigenvalue weighted by Gasteiger charge is 2.32. The van der Waals surface area contributed by atoms with Crippen LogP contribution in [-0.4, -0.2) is 48.2 Å². The van der Waals surface area contributed by atoms with Gasteiger partial charge in [0, 0.05) is 38.8 Å². The minimum Gasteiger partial charge on any atom is -0.379 e. The van der Waals surface area contributed by atoms with Gasteiger partial charge in [-0.15, -0.1) is 0 Å². The molecule has 1 saturated heterocycles. The standard InChI is InChI=1S/C23H28FN3O2/c24-21-7-5-18(6-8-21)16-27(22-9-10-22)23(28)25-15-19-3-1-2-4-20(19)17-26-11-13-29-14-12-26/h1-8,22H,9-17H2,(H,25,28). The van der Waals surface area contributed by atoms with Crippen molar-refractivity contribution in [2.45, 2.75) is 38.5 Å². The highest BCUT2D eigenvalue weighted by Crippen LogP contribution is 2.28. The number of ether oxygens (including phenoxy) is 1. The predicted octanol–water partition coefficient (Wildman–Crippen LogP) is 3.53. The van der Waals surface area contributed by atoms with Crippen molar-refractivity contribution >= 4 is 6.03 Å². The fourth-order valence-electron chi connectivity index (χ4n) is 3.70. The first-order chi connectivity index (χ1) is 14.2. The molecule has 0 atom stereocenters. The van der Waals surface area contributed by atoms with Gasteiger partial charge in [0.25, 0.3) is 0 Å². The van der Waals surface area contributed by atoms with Crippen LogP contribution in [0.3, 0.4) is 0 Å². The molecule has 0 spiro atoms. The number of carbonyl (C=O) groups excluding carboxylic acids is 1. The van der Waals surface area contributed by atoms with Gasteiger partial charge in [0.15, 0.2) is 0 Å². The summed E-state index contributed by atoms with van der Waals surface area (Å²) in [5.41, 5.74) is 3.33. The van der Waals surface area contributed by atoms with Gasteiger partial charge in [-0.25, -0.2) is 9.18 Å². The van der Waals surface area contributed by atoms with E-state index in [1.54, 1.807) is 12.1 Å². The topological polar surface area (TPSA) is 44.8 Å². The summed E-state index contributed by atoms with van der Waals surface area (Å²) in [4.78, 5) is 17.1. The Kier molecular flexibility index (Phi) is 6.42. The molecule has 2 aromatic rings. The number of nitrogens with one attached hydrogen (secondary N) is 1. The Hall–Kier alpha value is -2.44. The number of benzene rings is 2. The molecule has 6 heteroatoms. The molecule has 0 radical (unpaired) electrons. The molecule has 1 heterocycles. The molecule has 2 fully saturated rings. The molecule has 1 N–H and O–H groups in total. The fourth-order valence-corrected chi connectivity index (χ4v) is 3.70. The number of morpholine rings is 1. The first-order valence-electron chi connectivity index (χ1n) is 10.3. The lowest BCUT2D eigenvalue weighted by atomic mass is 10.1. The molecule has 0 unspecified atom stereocenters. The molecule has 0 bridgehead atoms. The summed E-state index contributed by atoms with van der Waals surface area (Å²) in [5.74, 6) is -0.256. The van der Waals surface area contributed by atoms with Crippen molar-refractivity contribution in [2.75, 3.05) is 26.3 Å². The van der Waals surface area contributed by atoms with Gasteiger partial charge in [-0.05, 0) is 41.7 Å². The number of carbonyl (C=O) groups is 1. The molecule has 154 valence electrons. The van der Waals surface area contributed by atoms with E-state index in [-0.39, 0.29) is 17.9 Å². The van der Waals surface area contributed by atoms with Crippen molar-refractivity contribution in [3.63, 3.8) is 0 Å². The van der Waals surface area contributed by atoms with E-state index in [1.165, 1.54) is 17.7 Å². The van der Waals surface area contributed by atoms with Crippen molar-refractivity contribution < 1.29 is 13.9 Å². The van der Waals surface area contributed by atoms with Crippen LogP contribution >= 0.6 is 0 Å². The van der Waals surface area contributed by atoms with Crippen LogP contribution in [0, 0.1) is 5.82 Å². The summed E-state index contributed by atoms with van der Waals surface area (Å²) in [5, 5.41) is 3.10. The normalized spacial score (nSPS) is 17.1. The zero-order valence-corrected chi connectivity index (χ0v) is 16.6. The molecule has 1 aliphatic carbocycles. The van der Waals surface area contributed by atoms with E-state index in [2.05, 4.69) is 22.3 Å². The van der Waals surface area contributed by atoms with Crippen molar-refractivity contribution in [1.29, 1.82) is 0 Å². The molecular formula is C23H28FN3O2. The SMILES string of the molecule is O=C(NCc1ccccc1CN1CCOCC1)N(Cc1ccc(F)cc1)C1CC1. The van der Waals surface area contributed by atoms with Crippen LogP contribution < -0.4 is 5.32 Å². The van der Waals surface area contributed by atoms with Crippen LogP contribution in [0.25, 0.3) is 0 Å². The molecule has 2 aromatic carbocycles. The Morgan fingerprint density at radius 2 is 1.76 bits per heavy atom. The molecule has 1 saturated carbocycles.